The number of benzene rings is 2. The van der Waals surface area contributed by atoms with Crippen LogP contribution in [0.25, 0.3) is 10.1 Å². The van der Waals surface area contributed by atoms with Gasteiger partial charge in [0.05, 0.1) is 9.72 Å². The Morgan fingerprint density at radius 2 is 1.95 bits per heavy atom. The summed E-state index contributed by atoms with van der Waals surface area (Å²) in [5.74, 6) is 0.452. The highest BCUT2D eigenvalue weighted by Crippen LogP contribution is 2.30. The summed E-state index contributed by atoms with van der Waals surface area (Å²) in [7, 11) is 0. The van der Waals surface area contributed by atoms with Gasteiger partial charge in [-0.15, -0.1) is 11.3 Å². The summed E-state index contributed by atoms with van der Waals surface area (Å²) in [6.45, 7) is 0.391. The SMILES string of the molecule is Fc1cccc2cc(COc3ccccc3Cl)sc12. The summed E-state index contributed by atoms with van der Waals surface area (Å²) < 4.78 is 19.9. The molecule has 0 aliphatic carbocycles. The lowest BCUT2D eigenvalue weighted by Crippen LogP contribution is -1.92. The minimum absolute atomic E-state index is 0.188. The van der Waals surface area contributed by atoms with Crippen LogP contribution < -0.4 is 4.74 Å². The number of rotatable bonds is 3. The first-order valence-electron chi connectivity index (χ1n) is 5.78. The van der Waals surface area contributed by atoms with Gasteiger partial charge in [-0.3, -0.25) is 0 Å². The van der Waals surface area contributed by atoms with E-state index in [4.69, 9.17) is 16.3 Å². The van der Waals surface area contributed by atoms with Crippen LogP contribution in [0, 0.1) is 5.82 Å². The minimum Gasteiger partial charge on any atom is -0.487 e. The fourth-order valence-corrected chi connectivity index (χ4v) is 3.03. The second-order valence-corrected chi connectivity index (χ2v) is 5.63. The average molecular weight is 293 g/mol. The van der Waals surface area contributed by atoms with E-state index >= 15 is 0 Å². The van der Waals surface area contributed by atoms with Gasteiger partial charge in [-0.25, -0.2) is 4.39 Å². The van der Waals surface area contributed by atoms with Crippen LogP contribution in [0.4, 0.5) is 4.39 Å². The molecule has 19 heavy (non-hydrogen) atoms. The zero-order valence-electron chi connectivity index (χ0n) is 9.90. The first-order chi connectivity index (χ1) is 9.24. The number of hydrogen-bond acceptors (Lipinski definition) is 2. The molecule has 0 N–H and O–H groups in total. The van der Waals surface area contributed by atoms with Gasteiger partial charge in [0, 0.05) is 4.88 Å². The third kappa shape index (κ3) is 2.57. The summed E-state index contributed by atoms with van der Waals surface area (Å²) in [5, 5.41) is 1.48. The molecule has 3 aromatic rings. The smallest absolute Gasteiger partial charge is 0.140 e. The van der Waals surface area contributed by atoms with E-state index in [1.807, 2.05) is 30.3 Å². The molecule has 96 valence electrons. The molecule has 0 fully saturated rings. The third-order valence-corrected chi connectivity index (χ3v) is 4.20. The van der Waals surface area contributed by atoms with Crippen LogP contribution in [0.5, 0.6) is 5.75 Å². The van der Waals surface area contributed by atoms with Gasteiger partial charge in [0.2, 0.25) is 0 Å². The van der Waals surface area contributed by atoms with Gasteiger partial charge in [0.1, 0.15) is 18.2 Å². The number of thiophene rings is 1. The lowest BCUT2D eigenvalue weighted by Gasteiger charge is -2.05. The number of hydrogen-bond donors (Lipinski definition) is 0. The quantitative estimate of drug-likeness (QED) is 0.639. The molecule has 0 radical (unpaired) electrons. The molecule has 4 heteroatoms. The number of ether oxygens (including phenoxy) is 1. The number of fused-ring (bicyclic) bond motifs is 1. The van der Waals surface area contributed by atoms with Crippen molar-refractivity contribution in [2.75, 3.05) is 0 Å². The van der Waals surface area contributed by atoms with Gasteiger partial charge in [0.15, 0.2) is 0 Å². The Hall–Kier alpha value is -1.58. The van der Waals surface area contributed by atoms with Crippen molar-refractivity contribution in [3.8, 4) is 5.75 Å². The Kier molecular flexibility index (Phi) is 3.40. The maximum Gasteiger partial charge on any atom is 0.140 e. The van der Waals surface area contributed by atoms with Gasteiger partial charge in [-0.1, -0.05) is 35.9 Å². The van der Waals surface area contributed by atoms with Crippen LogP contribution in [-0.4, -0.2) is 0 Å². The maximum absolute atomic E-state index is 13.6. The van der Waals surface area contributed by atoms with Gasteiger partial charge >= 0.3 is 0 Å². The Balaban J connectivity index is 1.83. The Morgan fingerprint density at radius 3 is 2.74 bits per heavy atom. The molecule has 1 heterocycles. The predicted octanol–water partition coefficient (Wildman–Crippen LogP) is 5.27. The molecule has 0 bridgehead atoms. The van der Waals surface area contributed by atoms with Crippen molar-refractivity contribution in [1.29, 1.82) is 0 Å². The fourth-order valence-electron chi connectivity index (χ4n) is 1.86. The van der Waals surface area contributed by atoms with Gasteiger partial charge in [-0.2, -0.15) is 0 Å². The molecular weight excluding hydrogens is 283 g/mol. The Labute approximate surface area is 119 Å². The normalized spacial score (nSPS) is 10.8. The lowest BCUT2D eigenvalue weighted by molar-refractivity contribution is 0.310. The summed E-state index contributed by atoms with van der Waals surface area (Å²) in [6, 6.07) is 14.3. The van der Waals surface area contributed by atoms with E-state index in [2.05, 4.69) is 0 Å². The van der Waals surface area contributed by atoms with Gasteiger partial charge in [-0.05, 0) is 29.7 Å². The zero-order chi connectivity index (χ0) is 13.2. The van der Waals surface area contributed by atoms with Crippen molar-refractivity contribution in [3.63, 3.8) is 0 Å². The second-order valence-electron chi connectivity index (χ2n) is 4.09. The van der Waals surface area contributed by atoms with Crippen molar-refractivity contribution in [2.24, 2.45) is 0 Å². The molecule has 0 aliphatic rings. The molecule has 1 aromatic heterocycles. The second kappa shape index (κ2) is 5.19. The van der Waals surface area contributed by atoms with Gasteiger partial charge in [0.25, 0.3) is 0 Å². The molecule has 2 aromatic carbocycles. The molecule has 3 rings (SSSR count). The predicted molar refractivity (Wildman–Crippen MR) is 77.6 cm³/mol. The summed E-state index contributed by atoms with van der Waals surface area (Å²) in [5.41, 5.74) is 0. The topological polar surface area (TPSA) is 9.23 Å². The van der Waals surface area contributed by atoms with Crippen molar-refractivity contribution in [2.45, 2.75) is 6.61 Å². The molecular formula is C15H10ClFOS. The molecule has 0 amide bonds. The van der Waals surface area contributed by atoms with Crippen LogP contribution in [0.2, 0.25) is 5.02 Å². The van der Waals surface area contributed by atoms with Crippen LogP contribution >= 0.6 is 22.9 Å². The first kappa shape index (κ1) is 12.5. The minimum atomic E-state index is -0.188. The Morgan fingerprint density at radius 1 is 1.11 bits per heavy atom. The Bertz CT molecular complexity index is 723. The lowest BCUT2D eigenvalue weighted by atomic mass is 10.2. The highest BCUT2D eigenvalue weighted by atomic mass is 35.5. The average Bonchev–Trinajstić information content (AvgIpc) is 2.82. The molecule has 0 atom stereocenters. The first-order valence-corrected chi connectivity index (χ1v) is 6.98. The maximum atomic E-state index is 13.6. The van der Waals surface area contributed by atoms with E-state index in [1.165, 1.54) is 17.4 Å². The van der Waals surface area contributed by atoms with E-state index < -0.39 is 0 Å². The van der Waals surface area contributed by atoms with Gasteiger partial charge < -0.3 is 4.74 Å². The summed E-state index contributed by atoms with van der Waals surface area (Å²) in [4.78, 5) is 0.972. The van der Waals surface area contributed by atoms with Crippen molar-refractivity contribution in [1.82, 2.24) is 0 Å². The summed E-state index contributed by atoms with van der Waals surface area (Å²) in [6.07, 6.45) is 0. The third-order valence-electron chi connectivity index (χ3n) is 2.75. The van der Waals surface area contributed by atoms with Crippen molar-refractivity contribution in [3.05, 3.63) is 64.2 Å². The zero-order valence-corrected chi connectivity index (χ0v) is 11.5. The van der Waals surface area contributed by atoms with Crippen molar-refractivity contribution < 1.29 is 9.13 Å². The molecule has 0 saturated heterocycles. The van der Waals surface area contributed by atoms with Crippen LogP contribution in [-0.2, 0) is 6.61 Å². The highest BCUT2D eigenvalue weighted by Gasteiger charge is 2.07. The van der Waals surface area contributed by atoms with E-state index in [1.54, 1.807) is 12.1 Å². The van der Waals surface area contributed by atoms with Crippen LogP contribution in [0.3, 0.4) is 0 Å². The molecule has 0 saturated carbocycles. The van der Waals surface area contributed by atoms with Crippen LogP contribution in [0.1, 0.15) is 4.88 Å². The van der Waals surface area contributed by atoms with E-state index in [0.29, 0.717) is 22.1 Å². The molecule has 1 nitrogen and oxygen atoms in total. The number of halogens is 2. The number of para-hydroxylation sites is 1. The monoisotopic (exact) mass is 292 g/mol. The van der Waals surface area contributed by atoms with Crippen LogP contribution in [0.15, 0.2) is 48.5 Å². The van der Waals surface area contributed by atoms with E-state index in [-0.39, 0.29) is 5.82 Å². The van der Waals surface area contributed by atoms with E-state index in [9.17, 15) is 4.39 Å². The highest BCUT2D eigenvalue weighted by molar-refractivity contribution is 7.19. The molecule has 0 unspecified atom stereocenters. The van der Waals surface area contributed by atoms with Crippen molar-refractivity contribution >= 4 is 33.0 Å². The van der Waals surface area contributed by atoms with E-state index in [0.717, 1.165) is 10.3 Å². The fraction of sp³-hybridized carbons (Fsp3) is 0.0667. The summed E-state index contributed by atoms with van der Waals surface area (Å²) >= 11 is 7.42. The molecule has 0 spiro atoms. The molecule has 0 aliphatic heterocycles. The standard InChI is InChI=1S/C15H10ClFOS/c16-12-5-1-2-7-14(12)18-9-11-8-10-4-3-6-13(17)15(10)19-11/h1-8H,9H2. The largest absolute Gasteiger partial charge is 0.487 e.